The molecule has 1 aromatic rings. The Kier molecular flexibility index (Phi) is 3.30. The lowest BCUT2D eigenvalue weighted by Crippen LogP contribution is -2.43. The summed E-state index contributed by atoms with van der Waals surface area (Å²) >= 11 is 0. The van der Waals surface area contributed by atoms with Crippen LogP contribution in [0.25, 0.3) is 0 Å². The van der Waals surface area contributed by atoms with Crippen LogP contribution in [0.15, 0.2) is 24.3 Å². The van der Waals surface area contributed by atoms with Gasteiger partial charge in [0.15, 0.2) is 0 Å². The van der Waals surface area contributed by atoms with Gasteiger partial charge in [0.2, 0.25) is 0 Å². The number of benzene rings is 1. The number of hydrogen-bond acceptors (Lipinski definition) is 3. The Balaban J connectivity index is 2.45. The molecule has 0 bridgehead atoms. The molecule has 1 aliphatic rings. The number of carbonyl (C=O) groups excluding carboxylic acids is 1. The summed E-state index contributed by atoms with van der Waals surface area (Å²) in [5.74, 6) is -0.686. The first kappa shape index (κ1) is 13.9. The molecule has 0 aromatic heterocycles. The van der Waals surface area contributed by atoms with Crippen molar-refractivity contribution < 1.29 is 22.7 Å². The van der Waals surface area contributed by atoms with Crippen molar-refractivity contribution in [1.82, 2.24) is 0 Å². The van der Waals surface area contributed by atoms with E-state index in [1.54, 1.807) is 0 Å². The first-order chi connectivity index (χ1) is 8.83. The summed E-state index contributed by atoms with van der Waals surface area (Å²) in [6, 6.07) is 4.18. The summed E-state index contributed by atoms with van der Waals surface area (Å²) < 4.78 is 43.5. The summed E-state index contributed by atoms with van der Waals surface area (Å²) in [7, 11) is 1.17. The molecule has 0 saturated heterocycles. The van der Waals surface area contributed by atoms with Gasteiger partial charge in [0.25, 0.3) is 0 Å². The highest BCUT2D eigenvalue weighted by atomic mass is 19.4. The zero-order valence-corrected chi connectivity index (χ0v) is 10.3. The number of methoxy groups -OCH3 is 1. The Labute approximate surface area is 108 Å². The second-order valence-electron chi connectivity index (χ2n) is 4.70. The number of halogens is 3. The number of ether oxygens (including phenoxy) is 1. The fourth-order valence-corrected chi connectivity index (χ4v) is 2.40. The van der Waals surface area contributed by atoms with Crippen LogP contribution in [0.3, 0.4) is 0 Å². The maximum absolute atomic E-state index is 13.0. The van der Waals surface area contributed by atoms with Crippen LogP contribution in [0.2, 0.25) is 0 Å². The van der Waals surface area contributed by atoms with E-state index in [-0.39, 0.29) is 5.56 Å². The first-order valence-corrected chi connectivity index (χ1v) is 5.83. The van der Waals surface area contributed by atoms with Crippen LogP contribution in [0.4, 0.5) is 13.2 Å². The average Bonchev–Trinajstić information content (AvgIpc) is 3.17. The molecule has 19 heavy (non-hydrogen) atoms. The molecule has 1 aromatic carbocycles. The number of esters is 1. The maximum Gasteiger partial charge on any atom is 0.416 e. The van der Waals surface area contributed by atoms with Crippen molar-refractivity contribution in [1.29, 1.82) is 0 Å². The van der Waals surface area contributed by atoms with Crippen LogP contribution in [0.1, 0.15) is 24.0 Å². The minimum absolute atomic E-state index is 0.0837. The normalized spacial score (nSPS) is 18.8. The molecule has 0 amide bonds. The zero-order chi connectivity index (χ0) is 14.3. The van der Waals surface area contributed by atoms with Gasteiger partial charge >= 0.3 is 12.1 Å². The Bertz CT molecular complexity index is 495. The molecule has 1 atom stereocenters. The highest BCUT2D eigenvalue weighted by molar-refractivity contribution is 5.79. The predicted molar refractivity (Wildman–Crippen MR) is 62.3 cm³/mol. The van der Waals surface area contributed by atoms with Gasteiger partial charge in [-0.1, -0.05) is 18.2 Å². The molecule has 3 nitrogen and oxygen atoms in total. The lowest BCUT2D eigenvalue weighted by molar-refractivity contribution is -0.144. The van der Waals surface area contributed by atoms with E-state index in [1.165, 1.54) is 25.3 Å². The van der Waals surface area contributed by atoms with E-state index in [0.717, 1.165) is 6.07 Å². The van der Waals surface area contributed by atoms with Crippen LogP contribution >= 0.6 is 0 Å². The van der Waals surface area contributed by atoms with Gasteiger partial charge in [-0.2, -0.15) is 13.2 Å². The topological polar surface area (TPSA) is 52.3 Å². The van der Waals surface area contributed by atoms with Gasteiger partial charge in [-0.05, 0) is 24.5 Å². The quantitative estimate of drug-likeness (QED) is 0.859. The van der Waals surface area contributed by atoms with Crippen molar-refractivity contribution in [2.45, 2.75) is 30.5 Å². The van der Waals surface area contributed by atoms with E-state index in [2.05, 4.69) is 4.74 Å². The summed E-state index contributed by atoms with van der Waals surface area (Å²) in [5.41, 5.74) is 4.18. The summed E-state index contributed by atoms with van der Waals surface area (Å²) in [4.78, 5) is 11.5. The molecule has 6 heteroatoms. The van der Waals surface area contributed by atoms with Gasteiger partial charge in [0, 0.05) is 5.41 Å². The second-order valence-corrected chi connectivity index (χ2v) is 4.70. The number of alkyl halides is 3. The monoisotopic (exact) mass is 273 g/mol. The van der Waals surface area contributed by atoms with Crippen LogP contribution in [0.5, 0.6) is 0 Å². The van der Waals surface area contributed by atoms with E-state index < -0.39 is 29.2 Å². The lowest BCUT2D eigenvalue weighted by atomic mass is 9.85. The number of nitrogens with two attached hydrogens (primary N) is 1. The maximum atomic E-state index is 13.0. The van der Waals surface area contributed by atoms with E-state index >= 15 is 0 Å². The highest BCUT2D eigenvalue weighted by Crippen LogP contribution is 2.53. The smallest absolute Gasteiger partial charge is 0.416 e. The molecule has 0 spiro atoms. The number of hydrogen-bond donors (Lipinski definition) is 1. The van der Waals surface area contributed by atoms with E-state index in [0.29, 0.717) is 12.8 Å². The van der Waals surface area contributed by atoms with Gasteiger partial charge in [-0.25, -0.2) is 0 Å². The van der Waals surface area contributed by atoms with Crippen LogP contribution in [-0.4, -0.2) is 19.1 Å². The van der Waals surface area contributed by atoms with Crippen molar-refractivity contribution in [3.63, 3.8) is 0 Å². The SMILES string of the molecule is COC(=O)C(N)C1(c2ccccc2C(F)(F)F)CC1. The zero-order valence-electron chi connectivity index (χ0n) is 10.3. The van der Waals surface area contributed by atoms with Crippen molar-refractivity contribution in [2.75, 3.05) is 7.11 Å². The molecular weight excluding hydrogens is 259 g/mol. The van der Waals surface area contributed by atoms with Gasteiger partial charge in [0.05, 0.1) is 12.7 Å². The van der Waals surface area contributed by atoms with Crippen molar-refractivity contribution in [3.8, 4) is 0 Å². The number of carbonyl (C=O) groups is 1. The predicted octanol–water partition coefficient (Wildman–Crippen LogP) is 2.24. The summed E-state index contributed by atoms with van der Waals surface area (Å²) in [6.07, 6.45) is -3.55. The van der Waals surface area contributed by atoms with Crippen LogP contribution < -0.4 is 5.73 Å². The van der Waals surface area contributed by atoms with Gasteiger partial charge in [-0.3, -0.25) is 4.79 Å². The minimum Gasteiger partial charge on any atom is -0.468 e. The molecule has 104 valence electrons. The largest absolute Gasteiger partial charge is 0.468 e. The molecule has 0 radical (unpaired) electrons. The summed E-state index contributed by atoms with van der Waals surface area (Å²) in [5, 5.41) is 0. The van der Waals surface area contributed by atoms with E-state index in [1.807, 2.05) is 0 Å². The molecule has 2 N–H and O–H groups in total. The fourth-order valence-electron chi connectivity index (χ4n) is 2.40. The minimum atomic E-state index is -4.46. The third-order valence-electron chi connectivity index (χ3n) is 3.61. The van der Waals surface area contributed by atoms with Gasteiger partial charge < -0.3 is 10.5 Å². The fraction of sp³-hybridized carbons (Fsp3) is 0.462. The van der Waals surface area contributed by atoms with Crippen molar-refractivity contribution >= 4 is 5.97 Å². The molecule has 0 heterocycles. The molecule has 1 unspecified atom stereocenters. The van der Waals surface area contributed by atoms with Crippen LogP contribution in [-0.2, 0) is 21.1 Å². The lowest BCUT2D eigenvalue weighted by Gasteiger charge is -2.25. The van der Waals surface area contributed by atoms with E-state index in [4.69, 9.17) is 5.73 Å². The van der Waals surface area contributed by atoms with Crippen LogP contribution in [0, 0.1) is 0 Å². The molecular formula is C13H14F3NO2. The average molecular weight is 273 g/mol. The summed E-state index contributed by atoms with van der Waals surface area (Å²) in [6.45, 7) is 0. The Morgan fingerprint density at radius 2 is 1.95 bits per heavy atom. The molecule has 1 fully saturated rings. The first-order valence-electron chi connectivity index (χ1n) is 5.83. The molecule has 0 aliphatic heterocycles. The van der Waals surface area contributed by atoms with Crippen molar-refractivity contribution in [3.05, 3.63) is 35.4 Å². The highest BCUT2D eigenvalue weighted by Gasteiger charge is 2.55. The standard InChI is InChI=1S/C13H14F3NO2/c1-19-11(18)10(17)12(6-7-12)8-4-2-3-5-9(8)13(14,15)16/h2-5,10H,6-7,17H2,1H3. The molecule has 1 aliphatic carbocycles. The van der Waals surface area contributed by atoms with E-state index in [9.17, 15) is 18.0 Å². The Morgan fingerprint density at radius 3 is 2.42 bits per heavy atom. The Morgan fingerprint density at radius 1 is 1.37 bits per heavy atom. The number of rotatable bonds is 3. The van der Waals surface area contributed by atoms with Gasteiger partial charge in [-0.15, -0.1) is 0 Å². The third kappa shape index (κ3) is 2.32. The molecule has 1 saturated carbocycles. The molecule has 2 rings (SSSR count). The second kappa shape index (κ2) is 4.52. The van der Waals surface area contributed by atoms with Crippen molar-refractivity contribution in [2.24, 2.45) is 5.73 Å². The third-order valence-corrected chi connectivity index (χ3v) is 3.61. The Hall–Kier alpha value is -1.56. The van der Waals surface area contributed by atoms with Gasteiger partial charge in [0.1, 0.15) is 6.04 Å².